The predicted octanol–water partition coefficient (Wildman–Crippen LogP) is 1.37. The summed E-state index contributed by atoms with van der Waals surface area (Å²) in [5.74, 6) is -0.0144. The average molecular weight is 211 g/mol. The van der Waals surface area contributed by atoms with Gasteiger partial charge in [-0.15, -0.1) is 0 Å². The van der Waals surface area contributed by atoms with Crippen LogP contribution in [0.3, 0.4) is 0 Å². The summed E-state index contributed by atoms with van der Waals surface area (Å²) in [6, 6.07) is 5.35. The lowest BCUT2D eigenvalue weighted by Gasteiger charge is -1.98. The lowest BCUT2D eigenvalue weighted by Crippen LogP contribution is -2.00. The van der Waals surface area contributed by atoms with Crippen LogP contribution in [0.25, 0.3) is 11.0 Å². The van der Waals surface area contributed by atoms with Crippen LogP contribution in [-0.4, -0.2) is 19.8 Å². The molecule has 4 nitrogen and oxygen atoms in total. The van der Waals surface area contributed by atoms with Crippen LogP contribution in [0.1, 0.15) is 5.56 Å². The van der Waals surface area contributed by atoms with Crippen molar-refractivity contribution >= 4 is 20.8 Å². The Morgan fingerprint density at radius 1 is 1.43 bits per heavy atom. The van der Waals surface area contributed by atoms with Gasteiger partial charge in [0.2, 0.25) is 0 Å². The highest BCUT2D eigenvalue weighted by molar-refractivity contribution is 7.89. The van der Waals surface area contributed by atoms with E-state index in [1.807, 2.05) is 6.07 Å². The molecule has 0 spiro atoms. The number of para-hydroxylation sites is 1. The molecule has 0 unspecified atom stereocenters. The molecule has 0 fully saturated rings. The van der Waals surface area contributed by atoms with Gasteiger partial charge in [0.1, 0.15) is 0 Å². The van der Waals surface area contributed by atoms with E-state index >= 15 is 0 Å². The molecule has 0 aliphatic rings. The normalized spacial score (nSPS) is 12.1. The quantitative estimate of drug-likeness (QED) is 0.752. The van der Waals surface area contributed by atoms with Crippen LogP contribution in [0.15, 0.2) is 28.9 Å². The summed E-state index contributed by atoms with van der Waals surface area (Å²) in [5, 5.41) is 4.45. The van der Waals surface area contributed by atoms with Crippen molar-refractivity contribution in [1.82, 2.24) is 5.16 Å². The van der Waals surface area contributed by atoms with Crippen molar-refractivity contribution in [2.45, 2.75) is 5.75 Å². The van der Waals surface area contributed by atoms with E-state index in [1.165, 1.54) is 6.26 Å². The van der Waals surface area contributed by atoms with Crippen molar-refractivity contribution in [2.75, 3.05) is 6.26 Å². The molecule has 0 N–H and O–H groups in total. The second-order valence-corrected chi connectivity index (χ2v) is 5.37. The topological polar surface area (TPSA) is 60.2 Å². The maximum Gasteiger partial charge on any atom is 0.171 e. The van der Waals surface area contributed by atoms with Gasteiger partial charge in [0.25, 0.3) is 0 Å². The molecular formula is C9H9NO3S. The number of benzene rings is 1. The first-order chi connectivity index (χ1) is 6.56. The van der Waals surface area contributed by atoms with E-state index in [4.69, 9.17) is 4.52 Å². The molecule has 14 heavy (non-hydrogen) atoms. The van der Waals surface area contributed by atoms with Gasteiger partial charge in [-0.05, 0) is 6.07 Å². The maximum atomic E-state index is 11.1. The minimum Gasteiger partial charge on any atom is -0.356 e. The maximum absolute atomic E-state index is 11.1. The number of fused-ring (bicyclic) bond motifs is 1. The van der Waals surface area contributed by atoms with Crippen LogP contribution >= 0.6 is 0 Å². The highest BCUT2D eigenvalue weighted by Gasteiger charge is 2.10. The van der Waals surface area contributed by atoms with E-state index in [1.54, 1.807) is 18.3 Å². The van der Waals surface area contributed by atoms with Gasteiger partial charge in [0.15, 0.2) is 15.4 Å². The molecule has 1 heterocycles. The molecule has 0 bridgehead atoms. The van der Waals surface area contributed by atoms with Crippen LogP contribution in [0.2, 0.25) is 0 Å². The summed E-state index contributed by atoms with van der Waals surface area (Å²) in [5.41, 5.74) is 1.21. The van der Waals surface area contributed by atoms with E-state index in [-0.39, 0.29) is 5.75 Å². The van der Waals surface area contributed by atoms with E-state index in [2.05, 4.69) is 5.16 Å². The van der Waals surface area contributed by atoms with Gasteiger partial charge in [0.05, 0.1) is 11.9 Å². The molecule has 0 aliphatic carbocycles. The fraction of sp³-hybridized carbons (Fsp3) is 0.222. The monoisotopic (exact) mass is 211 g/mol. The van der Waals surface area contributed by atoms with Crippen molar-refractivity contribution < 1.29 is 12.9 Å². The van der Waals surface area contributed by atoms with Gasteiger partial charge in [-0.1, -0.05) is 17.3 Å². The Kier molecular flexibility index (Phi) is 2.03. The van der Waals surface area contributed by atoms with Crippen LogP contribution in [-0.2, 0) is 15.6 Å². The largest absolute Gasteiger partial charge is 0.356 e. The number of nitrogens with zero attached hydrogens (tertiary/aromatic N) is 1. The third-order valence-corrected chi connectivity index (χ3v) is 2.72. The predicted molar refractivity (Wildman–Crippen MR) is 52.6 cm³/mol. The Morgan fingerprint density at radius 2 is 2.21 bits per heavy atom. The smallest absolute Gasteiger partial charge is 0.171 e. The van der Waals surface area contributed by atoms with Gasteiger partial charge in [-0.2, -0.15) is 0 Å². The van der Waals surface area contributed by atoms with Gasteiger partial charge >= 0.3 is 0 Å². The van der Waals surface area contributed by atoms with E-state index in [0.29, 0.717) is 11.1 Å². The molecule has 0 amide bonds. The number of hydrogen-bond acceptors (Lipinski definition) is 4. The fourth-order valence-electron chi connectivity index (χ4n) is 1.35. The third-order valence-electron chi connectivity index (χ3n) is 1.88. The van der Waals surface area contributed by atoms with Gasteiger partial charge < -0.3 is 4.52 Å². The zero-order valence-corrected chi connectivity index (χ0v) is 8.41. The Balaban J connectivity index is 2.57. The molecule has 1 aromatic heterocycles. The molecule has 0 atom stereocenters. The summed E-state index contributed by atoms with van der Waals surface area (Å²) in [7, 11) is -3.03. The summed E-state index contributed by atoms with van der Waals surface area (Å²) >= 11 is 0. The highest BCUT2D eigenvalue weighted by atomic mass is 32.2. The Bertz CT molecular complexity index is 556. The molecular weight excluding hydrogens is 202 g/mol. The first-order valence-corrected chi connectivity index (χ1v) is 6.12. The summed E-state index contributed by atoms with van der Waals surface area (Å²) in [4.78, 5) is 0. The van der Waals surface area contributed by atoms with Crippen LogP contribution in [0.4, 0.5) is 0 Å². The number of rotatable bonds is 2. The molecule has 2 aromatic rings. The van der Waals surface area contributed by atoms with Crippen molar-refractivity contribution in [3.05, 3.63) is 30.0 Å². The Labute approximate surface area is 81.4 Å². The SMILES string of the molecule is CS(=O)(=O)Cc1cccc2cnoc12. The van der Waals surface area contributed by atoms with E-state index in [0.717, 1.165) is 5.39 Å². The lowest BCUT2D eigenvalue weighted by molar-refractivity contribution is 0.454. The zero-order valence-electron chi connectivity index (χ0n) is 7.60. The van der Waals surface area contributed by atoms with Crippen molar-refractivity contribution in [3.8, 4) is 0 Å². The molecule has 0 saturated heterocycles. The molecule has 2 rings (SSSR count). The van der Waals surface area contributed by atoms with Crippen LogP contribution in [0, 0.1) is 0 Å². The van der Waals surface area contributed by atoms with Crippen molar-refractivity contribution in [3.63, 3.8) is 0 Å². The number of sulfone groups is 1. The molecule has 5 heteroatoms. The second-order valence-electron chi connectivity index (χ2n) is 3.23. The van der Waals surface area contributed by atoms with E-state index in [9.17, 15) is 8.42 Å². The highest BCUT2D eigenvalue weighted by Crippen LogP contribution is 2.19. The van der Waals surface area contributed by atoms with Crippen LogP contribution < -0.4 is 0 Å². The van der Waals surface area contributed by atoms with Crippen molar-refractivity contribution in [2.24, 2.45) is 0 Å². The Morgan fingerprint density at radius 3 is 2.93 bits per heavy atom. The summed E-state index contributed by atoms with van der Waals surface area (Å²) in [6.45, 7) is 0. The molecule has 0 radical (unpaired) electrons. The average Bonchev–Trinajstić information content (AvgIpc) is 2.49. The Hall–Kier alpha value is -1.36. The minimum absolute atomic E-state index is 0.0144. The first kappa shape index (κ1) is 9.21. The molecule has 0 aliphatic heterocycles. The molecule has 1 aromatic carbocycles. The van der Waals surface area contributed by atoms with Gasteiger partial charge in [-0.3, -0.25) is 0 Å². The first-order valence-electron chi connectivity index (χ1n) is 4.06. The molecule has 74 valence electrons. The second kappa shape index (κ2) is 3.09. The van der Waals surface area contributed by atoms with E-state index < -0.39 is 9.84 Å². The van der Waals surface area contributed by atoms with Crippen LogP contribution in [0.5, 0.6) is 0 Å². The summed E-state index contributed by atoms with van der Waals surface area (Å²) in [6.07, 6.45) is 2.77. The zero-order chi connectivity index (χ0) is 10.2. The fourth-order valence-corrected chi connectivity index (χ4v) is 2.14. The standard InChI is InChI=1S/C9H9NO3S/c1-14(11,12)6-8-4-2-3-7-5-10-13-9(7)8/h2-5H,6H2,1H3. The third kappa shape index (κ3) is 1.77. The lowest BCUT2D eigenvalue weighted by atomic mass is 10.2. The number of hydrogen-bond donors (Lipinski definition) is 0. The van der Waals surface area contributed by atoms with Crippen molar-refractivity contribution in [1.29, 1.82) is 0 Å². The number of aromatic nitrogens is 1. The minimum atomic E-state index is -3.03. The molecule has 0 saturated carbocycles. The summed E-state index contributed by atoms with van der Waals surface area (Å²) < 4.78 is 27.2. The van der Waals surface area contributed by atoms with Gasteiger partial charge in [-0.25, -0.2) is 8.42 Å². The van der Waals surface area contributed by atoms with Gasteiger partial charge in [0, 0.05) is 17.2 Å².